The first-order valence-electron chi connectivity index (χ1n) is 3.83. The molecule has 7 heteroatoms. The fourth-order valence-corrected chi connectivity index (χ4v) is 1.01. The molecule has 0 amide bonds. The fourth-order valence-electron chi connectivity index (χ4n) is 1.01. The van der Waals surface area contributed by atoms with Gasteiger partial charge in [-0.1, -0.05) is 0 Å². The molecule has 0 aliphatic carbocycles. The van der Waals surface area contributed by atoms with Gasteiger partial charge in [-0.3, -0.25) is 0 Å². The van der Waals surface area contributed by atoms with Gasteiger partial charge in [-0.2, -0.15) is 15.0 Å². The van der Waals surface area contributed by atoms with Crippen LogP contribution >= 0.6 is 0 Å². The predicted octanol–water partition coefficient (Wildman–Crippen LogP) is -0.842. The summed E-state index contributed by atoms with van der Waals surface area (Å²) in [6, 6.07) is 0. The molecule has 0 fully saturated rings. The molecule has 0 N–H and O–H groups in total. The van der Waals surface area contributed by atoms with Gasteiger partial charge in [-0.05, 0) is 17.4 Å². The molecule has 68 valence electrons. The third-order valence-corrected chi connectivity index (χ3v) is 1.67. The number of rotatable bonds is 2. The minimum absolute atomic E-state index is 0.562. The SMILES string of the molecule is Cc1nnnn1Cc1cnn(C)n1. The molecule has 2 rings (SSSR count). The lowest BCUT2D eigenvalue weighted by atomic mass is 10.5. The van der Waals surface area contributed by atoms with Gasteiger partial charge in [0.15, 0.2) is 0 Å². The van der Waals surface area contributed by atoms with E-state index in [1.165, 1.54) is 4.80 Å². The summed E-state index contributed by atoms with van der Waals surface area (Å²) < 4.78 is 1.67. The molecule has 0 aliphatic heterocycles. The minimum Gasteiger partial charge on any atom is -0.224 e. The van der Waals surface area contributed by atoms with Crippen molar-refractivity contribution in [2.24, 2.45) is 7.05 Å². The van der Waals surface area contributed by atoms with Crippen LogP contribution < -0.4 is 0 Å². The predicted molar refractivity (Wildman–Crippen MR) is 42.7 cm³/mol. The smallest absolute Gasteiger partial charge is 0.148 e. The molecule has 0 radical (unpaired) electrons. The van der Waals surface area contributed by atoms with Gasteiger partial charge in [0.2, 0.25) is 0 Å². The monoisotopic (exact) mass is 179 g/mol. The summed E-state index contributed by atoms with van der Waals surface area (Å²) >= 11 is 0. The Kier molecular flexibility index (Phi) is 1.76. The molecule has 0 spiro atoms. The van der Waals surface area contributed by atoms with E-state index < -0.39 is 0 Å². The summed E-state index contributed by atoms with van der Waals surface area (Å²) in [4.78, 5) is 1.51. The molecule has 0 aromatic carbocycles. The lowest BCUT2D eigenvalue weighted by Crippen LogP contribution is -2.05. The molecule has 0 bridgehead atoms. The van der Waals surface area contributed by atoms with E-state index in [-0.39, 0.29) is 0 Å². The van der Waals surface area contributed by atoms with Crippen LogP contribution in [0, 0.1) is 6.92 Å². The Morgan fingerprint density at radius 3 is 2.85 bits per heavy atom. The van der Waals surface area contributed by atoms with Crippen LogP contribution in [0.5, 0.6) is 0 Å². The maximum Gasteiger partial charge on any atom is 0.148 e. The van der Waals surface area contributed by atoms with E-state index >= 15 is 0 Å². The van der Waals surface area contributed by atoms with E-state index in [0.29, 0.717) is 6.54 Å². The maximum absolute atomic E-state index is 4.12. The topological polar surface area (TPSA) is 74.3 Å². The van der Waals surface area contributed by atoms with Crippen molar-refractivity contribution in [3.05, 3.63) is 17.7 Å². The zero-order valence-corrected chi connectivity index (χ0v) is 7.41. The van der Waals surface area contributed by atoms with Crippen molar-refractivity contribution in [3.8, 4) is 0 Å². The lowest BCUT2D eigenvalue weighted by molar-refractivity contribution is 0.598. The largest absolute Gasteiger partial charge is 0.224 e. The normalized spacial score (nSPS) is 10.6. The van der Waals surface area contributed by atoms with Crippen molar-refractivity contribution in [1.29, 1.82) is 0 Å². The van der Waals surface area contributed by atoms with Crippen LogP contribution in [-0.2, 0) is 13.6 Å². The first-order chi connectivity index (χ1) is 6.25. The maximum atomic E-state index is 4.12. The zero-order chi connectivity index (χ0) is 9.26. The van der Waals surface area contributed by atoms with E-state index in [9.17, 15) is 0 Å². The van der Waals surface area contributed by atoms with Crippen LogP contribution in [0.3, 0.4) is 0 Å². The van der Waals surface area contributed by atoms with Crippen molar-refractivity contribution < 1.29 is 0 Å². The van der Waals surface area contributed by atoms with E-state index in [1.54, 1.807) is 17.9 Å². The highest BCUT2D eigenvalue weighted by Crippen LogP contribution is 1.96. The zero-order valence-electron chi connectivity index (χ0n) is 7.41. The highest BCUT2D eigenvalue weighted by atomic mass is 15.5. The van der Waals surface area contributed by atoms with Crippen LogP contribution in [0.2, 0.25) is 0 Å². The van der Waals surface area contributed by atoms with Gasteiger partial charge in [0, 0.05) is 7.05 Å². The quantitative estimate of drug-likeness (QED) is 0.600. The van der Waals surface area contributed by atoms with Crippen molar-refractivity contribution >= 4 is 0 Å². The highest BCUT2D eigenvalue weighted by Gasteiger charge is 2.03. The Morgan fingerprint density at radius 2 is 2.31 bits per heavy atom. The van der Waals surface area contributed by atoms with Gasteiger partial charge < -0.3 is 0 Å². The first kappa shape index (κ1) is 7.84. The van der Waals surface area contributed by atoms with E-state index in [0.717, 1.165) is 11.5 Å². The molecular weight excluding hydrogens is 170 g/mol. The van der Waals surface area contributed by atoms with E-state index in [2.05, 4.69) is 25.7 Å². The van der Waals surface area contributed by atoms with Gasteiger partial charge in [-0.25, -0.2) is 4.68 Å². The van der Waals surface area contributed by atoms with Gasteiger partial charge >= 0.3 is 0 Å². The van der Waals surface area contributed by atoms with Crippen LogP contribution in [-0.4, -0.2) is 35.2 Å². The third kappa shape index (κ3) is 1.53. The molecule has 0 atom stereocenters. The van der Waals surface area contributed by atoms with Crippen LogP contribution in [0.15, 0.2) is 6.20 Å². The Bertz CT molecular complexity index is 401. The second kappa shape index (κ2) is 2.92. The number of tetrazole rings is 1. The minimum atomic E-state index is 0.562. The summed E-state index contributed by atoms with van der Waals surface area (Å²) in [5.74, 6) is 0.769. The molecular formula is C6H9N7. The Hall–Kier alpha value is -1.79. The fraction of sp³-hybridized carbons (Fsp3) is 0.500. The number of nitrogens with zero attached hydrogens (tertiary/aromatic N) is 7. The standard InChI is InChI=1S/C6H9N7/c1-5-8-10-11-13(5)4-6-3-7-12(2)9-6/h3H,4H2,1-2H3. The Labute approximate surface area is 74.4 Å². The van der Waals surface area contributed by atoms with Crippen LogP contribution in [0.4, 0.5) is 0 Å². The first-order valence-corrected chi connectivity index (χ1v) is 3.83. The van der Waals surface area contributed by atoms with Gasteiger partial charge in [-0.15, -0.1) is 5.10 Å². The molecule has 2 heterocycles. The van der Waals surface area contributed by atoms with Crippen molar-refractivity contribution in [1.82, 2.24) is 35.2 Å². The summed E-state index contributed by atoms with van der Waals surface area (Å²) in [6.45, 7) is 2.41. The van der Waals surface area contributed by atoms with Crippen LogP contribution in [0.25, 0.3) is 0 Å². The highest BCUT2D eigenvalue weighted by molar-refractivity contribution is 4.92. The van der Waals surface area contributed by atoms with Crippen molar-refractivity contribution in [3.63, 3.8) is 0 Å². The number of aryl methyl sites for hydroxylation is 2. The van der Waals surface area contributed by atoms with Gasteiger partial charge in [0.1, 0.15) is 11.5 Å². The number of hydrogen-bond acceptors (Lipinski definition) is 5. The molecule has 0 aliphatic rings. The molecule has 0 saturated carbocycles. The lowest BCUT2D eigenvalue weighted by Gasteiger charge is -1.95. The summed E-state index contributed by atoms with van der Waals surface area (Å²) in [5, 5.41) is 19.2. The Morgan fingerprint density at radius 1 is 1.46 bits per heavy atom. The van der Waals surface area contributed by atoms with Gasteiger partial charge in [0.05, 0.1) is 12.7 Å². The van der Waals surface area contributed by atoms with Crippen molar-refractivity contribution in [2.75, 3.05) is 0 Å². The summed E-state index contributed by atoms with van der Waals surface area (Å²) in [6.07, 6.45) is 1.70. The molecule has 0 unspecified atom stereocenters. The average molecular weight is 179 g/mol. The summed E-state index contributed by atoms with van der Waals surface area (Å²) in [7, 11) is 1.77. The van der Waals surface area contributed by atoms with Crippen molar-refractivity contribution in [2.45, 2.75) is 13.5 Å². The molecule has 7 nitrogen and oxygen atoms in total. The molecule has 13 heavy (non-hydrogen) atoms. The average Bonchev–Trinajstić information content (AvgIpc) is 2.64. The number of hydrogen-bond donors (Lipinski definition) is 0. The molecule has 2 aromatic rings. The van der Waals surface area contributed by atoms with E-state index in [1.807, 2.05) is 6.92 Å². The number of aromatic nitrogens is 7. The van der Waals surface area contributed by atoms with Crippen LogP contribution in [0.1, 0.15) is 11.5 Å². The third-order valence-electron chi connectivity index (χ3n) is 1.67. The van der Waals surface area contributed by atoms with E-state index in [4.69, 9.17) is 0 Å². The molecule has 2 aromatic heterocycles. The summed E-state index contributed by atoms with van der Waals surface area (Å²) in [5.41, 5.74) is 0.845. The second-order valence-corrected chi connectivity index (χ2v) is 2.71. The molecule has 0 saturated heterocycles. The van der Waals surface area contributed by atoms with Gasteiger partial charge in [0.25, 0.3) is 0 Å². The second-order valence-electron chi connectivity index (χ2n) is 2.71. The Balaban J connectivity index is 2.19.